The maximum atomic E-state index is 5.09. The zero-order chi connectivity index (χ0) is 7.11. The fourth-order valence-electron chi connectivity index (χ4n) is 0.685. The summed E-state index contributed by atoms with van der Waals surface area (Å²) < 4.78 is 5.09. The van der Waals surface area contributed by atoms with E-state index in [4.69, 9.17) is 4.74 Å². The Hall–Kier alpha value is 0.310. The van der Waals surface area contributed by atoms with Crippen LogP contribution in [0.5, 0.6) is 0 Å². The van der Waals surface area contributed by atoms with Crippen LogP contribution in [0.1, 0.15) is 26.7 Å². The summed E-state index contributed by atoms with van der Waals surface area (Å²) >= 11 is 4.28. The summed E-state index contributed by atoms with van der Waals surface area (Å²) in [6.45, 7) is 5.82. The molecule has 1 saturated heterocycles. The van der Waals surface area contributed by atoms with Crippen LogP contribution in [-0.2, 0) is 4.74 Å². The molecule has 0 unspecified atom stereocenters. The van der Waals surface area contributed by atoms with Gasteiger partial charge in [0.25, 0.3) is 0 Å². The van der Waals surface area contributed by atoms with Gasteiger partial charge in [-0.05, 0) is 12.8 Å². The molecule has 1 fully saturated rings. The van der Waals surface area contributed by atoms with Gasteiger partial charge < -0.3 is 4.74 Å². The van der Waals surface area contributed by atoms with Gasteiger partial charge in [0.15, 0.2) is 0 Å². The van der Waals surface area contributed by atoms with Crippen molar-refractivity contribution >= 4 is 12.6 Å². The molecule has 0 atom stereocenters. The van der Waals surface area contributed by atoms with Crippen molar-refractivity contribution in [1.82, 2.24) is 0 Å². The summed E-state index contributed by atoms with van der Waals surface area (Å²) in [5, 5.41) is 0.605. The summed E-state index contributed by atoms with van der Waals surface area (Å²) in [5.41, 5.74) is 0. The first-order chi connectivity index (χ1) is 4.39. The molecule has 56 valence electrons. The lowest BCUT2D eigenvalue weighted by Gasteiger charge is -2.15. The van der Waals surface area contributed by atoms with Gasteiger partial charge in [-0.3, -0.25) is 0 Å². The fraction of sp³-hybridized carbons (Fsp3) is 1.00. The predicted molar refractivity (Wildman–Crippen MR) is 44.2 cm³/mol. The van der Waals surface area contributed by atoms with E-state index in [1.807, 2.05) is 13.8 Å². The Morgan fingerprint density at radius 3 is 1.89 bits per heavy atom. The van der Waals surface area contributed by atoms with E-state index in [0.29, 0.717) is 5.25 Å². The minimum atomic E-state index is 0.605. The highest BCUT2D eigenvalue weighted by Gasteiger charge is 2.07. The van der Waals surface area contributed by atoms with Crippen LogP contribution in [0.15, 0.2) is 0 Å². The summed E-state index contributed by atoms with van der Waals surface area (Å²) in [6.07, 6.45) is 2.26. The van der Waals surface area contributed by atoms with E-state index in [9.17, 15) is 0 Å². The van der Waals surface area contributed by atoms with Crippen molar-refractivity contribution in [3.63, 3.8) is 0 Å². The first-order valence-electron chi connectivity index (χ1n) is 3.65. The monoisotopic (exact) mass is 148 g/mol. The molecule has 1 nitrogen and oxygen atoms in total. The lowest BCUT2D eigenvalue weighted by molar-refractivity contribution is 0.100. The zero-order valence-electron chi connectivity index (χ0n) is 6.26. The Bertz CT molecular complexity index is 50.9. The fourth-order valence-corrected chi connectivity index (χ4v) is 0.896. The van der Waals surface area contributed by atoms with Crippen LogP contribution in [0.25, 0.3) is 0 Å². The summed E-state index contributed by atoms with van der Waals surface area (Å²) in [7, 11) is 0. The van der Waals surface area contributed by atoms with Gasteiger partial charge in [0.05, 0.1) is 0 Å². The number of rotatable bonds is 0. The normalized spacial score (nSPS) is 20.3. The molecule has 0 aromatic carbocycles. The minimum absolute atomic E-state index is 0.605. The van der Waals surface area contributed by atoms with Crippen molar-refractivity contribution < 1.29 is 4.74 Å². The van der Waals surface area contributed by atoms with E-state index in [1.165, 1.54) is 0 Å². The lowest BCUT2D eigenvalue weighted by atomic mass is 10.2. The third-order valence-corrected chi connectivity index (χ3v) is 1.71. The average molecular weight is 148 g/mol. The number of hydrogen-bond donors (Lipinski definition) is 1. The highest BCUT2D eigenvalue weighted by molar-refractivity contribution is 7.80. The molecule has 0 aromatic heterocycles. The third-order valence-electron chi connectivity index (χ3n) is 1.19. The van der Waals surface area contributed by atoms with Crippen LogP contribution in [0.3, 0.4) is 0 Å². The molecule has 0 bridgehead atoms. The smallest absolute Gasteiger partial charge is 0.0476 e. The van der Waals surface area contributed by atoms with Crippen molar-refractivity contribution in [3.8, 4) is 0 Å². The topological polar surface area (TPSA) is 9.23 Å². The molecule has 1 aliphatic rings. The summed E-state index contributed by atoms with van der Waals surface area (Å²) in [6, 6.07) is 0. The largest absolute Gasteiger partial charge is 0.381 e. The van der Waals surface area contributed by atoms with Crippen LogP contribution in [0.4, 0.5) is 0 Å². The van der Waals surface area contributed by atoms with Gasteiger partial charge in [0.2, 0.25) is 0 Å². The molecule has 0 aromatic rings. The molecule has 1 rings (SSSR count). The van der Waals surface area contributed by atoms with Crippen molar-refractivity contribution in [1.29, 1.82) is 0 Å². The average Bonchev–Trinajstić information content (AvgIpc) is 1.94. The number of thiol groups is 1. The number of hydrogen-bond acceptors (Lipinski definition) is 2. The van der Waals surface area contributed by atoms with Crippen molar-refractivity contribution in [2.45, 2.75) is 31.9 Å². The van der Waals surface area contributed by atoms with E-state index in [-0.39, 0.29) is 0 Å². The Labute approximate surface area is 63.2 Å². The van der Waals surface area contributed by atoms with Crippen LogP contribution < -0.4 is 0 Å². The SMILES string of the molecule is CC.SC1CCOCC1. The van der Waals surface area contributed by atoms with Crippen LogP contribution >= 0.6 is 12.6 Å². The third kappa shape index (κ3) is 4.79. The van der Waals surface area contributed by atoms with Crippen molar-refractivity contribution in [2.24, 2.45) is 0 Å². The van der Waals surface area contributed by atoms with Gasteiger partial charge in [-0.25, -0.2) is 0 Å². The highest BCUT2D eigenvalue weighted by Crippen LogP contribution is 2.11. The summed E-state index contributed by atoms with van der Waals surface area (Å²) in [4.78, 5) is 0. The second kappa shape index (κ2) is 6.43. The van der Waals surface area contributed by atoms with E-state index in [1.54, 1.807) is 0 Å². The van der Waals surface area contributed by atoms with E-state index < -0.39 is 0 Å². The lowest BCUT2D eigenvalue weighted by Crippen LogP contribution is -2.14. The number of ether oxygens (including phenoxy) is 1. The standard InChI is InChI=1S/C5H10OS.C2H6/c7-5-1-3-6-4-2-5;1-2/h5,7H,1-4H2;1-2H3. The van der Waals surface area contributed by atoms with E-state index >= 15 is 0 Å². The highest BCUT2D eigenvalue weighted by atomic mass is 32.1. The van der Waals surface area contributed by atoms with Crippen molar-refractivity contribution in [3.05, 3.63) is 0 Å². The Morgan fingerprint density at radius 1 is 1.22 bits per heavy atom. The van der Waals surface area contributed by atoms with Gasteiger partial charge in [-0.15, -0.1) is 0 Å². The molecule has 0 saturated carbocycles. The molecular weight excluding hydrogens is 132 g/mol. The molecule has 1 aliphatic heterocycles. The Morgan fingerprint density at radius 2 is 1.67 bits per heavy atom. The van der Waals surface area contributed by atoms with Gasteiger partial charge in [-0.1, -0.05) is 13.8 Å². The summed E-state index contributed by atoms with van der Waals surface area (Å²) in [5.74, 6) is 0. The maximum Gasteiger partial charge on any atom is 0.0476 e. The first kappa shape index (κ1) is 9.31. The predicted octanol–water partition coefficient (Wildman–Crippen LogP) is 2.12. The second-order valence-corrected chi connectivity index (χ2v) is 2.57. The molecule has 0 amide bonds. The minimum Gasteiger partial charge on any atom is -0.381 e. The van der Waals surface area contributed by atoms with Crippen molar-refractivity contribution in [2.75, 3.05) is 13.2 Å². The van der Waals surface area contributed by atoms with Crippen LogP contribution in [0.2, 0.25) is 0 Å². The van der Waals surface area contributed by atoms with E-state index in [0.717, 1.165) is 26.1 Å². The van der Waals surface area contributed by atoms with Gasteiger partial charge in [0, 0.05) is 18.5 Å². The van der Waals surface area contributed by atoms with Crippen LogP contribution in [0, 0.1) is 0 Å². The molecule has 9 heavy (non-hydrogen) atoms. The quantitative estimate of drug-likeness (QED) is 0.518. The molecular formula is C7H16OS. The van der Waals surface area contributed by atoms with Crippen LogP contribution in [-0.4, -0.2) is 18.5 Å². The zero-order valence-corrected chi connectivity index (χ0v) is 7.16. The van der Waals surface area contributed by atoms with Gasteiger partial charge in [-0.2, -0.15) is 12.6 Å². The Balaban J connectivity index is 0.000000291. The maximum absolute atomic E-state index is 5.09. The molecule has 1 heterocycles. The Kier molecular flexibility index (Phi) is 6.65. The molecule has 0 spiro atoms. The van der Waals surface area contributed by atoms with Gasteiger partial charge in [0.1, 0.15) is 0 Å². The van der Waals surface area contributed by atoms with Gasteiger partial charge >= 0.3 is 0 Å². The second-order valence-electron chi connectivity index (χ2n) is 1.84. The first-order valence-corrected chi connectivity index (χ1v) is 4.17. The molecule has 0 N–H and O–H groups in total. The molecule has 2 heteroatoms. The van der Waals surface area contributed by atoms with E-state index in [2.05, 4.69) is 12.6 Å². The molecule has 0 aliphatic carbocycles. The molecule has 0 radical (unpaired) electrons.